The molecule has 2 N–H and O–H groups in total. The zero-order valence-electron chi connectivity index (χ0n) is 10.6. The first-order valence-electron chi connectivity index (χ1n) is 5.92. The predicted octanol–water partition coefficient (Wildman–Crippen LogP) is 2.62. The zero-order valence-corrected chi connectivity index (χ0v) is 10.6. The molecule has 0 saturated heterocycles. The molecule has 2 aromatic rings. The van der Waals surface area contributed by atoms with E-state index in [0.717, 1.165) is 18.1 Å². The molecule has 100 valence electrons. The first-order chi connectivity index (χ1) is 9.08. The topological polar surface area (TPSA) is 42.2 Å². The van der Waals surface area contributed by atoms with Crippen molar-refractivity contribution in [3.63, 3.8) is 0 Å². The minimum atomic E-state index is -0.731. The van der Waals surface area contributed by atoms with Gasteiger partial charge in [-0.3, -0.25) is 4.98 Å². The number of aromatic nitrogens is 1. The average Bonchev–Trinajstić information content (AvgIpc) is 2.41. The number of likely N-dealkylation sites (N-methyl/N-ethyl adjacent to an activating group) is 1. The molecule has 1 heterocycles. The summed E-state index contributed by atoms with van der Waals surface area (Å²) in [7, 11) is 1.76. The molecule has 0 amide bonds. The van der Waals surface area contributed by atoms with Crippen molar-refractivity contribution in [2.24, 2.45) is 0 Å². The Hall–Kier alpha value is -2.17. The van der Waals surface area contributed by atoms with Crippen LogP contribution in [0.1, 0.15) is 5.56 Å². The van der Waals surface area contributed by atoms with Crippen LogP contribution in [0.4, 0.5) is 20.2 Å². The Morgan fingerprint density at radius 2 is 1.89 bits per heavy atom. The van der Waals surface area contributed by atoms with Crippen molar-refractivity contribution in [1.82, 2.24) is 4.98 Å². The molecular formula is C14H15F2N3. The number of hydrogen-bond acceptors (Lipinski definition) is 3. The van der Waals surface area contributed by atoms with Crippen molar-refractivity contribution >= 4 is 11.4 Å². The van der Waals surface area contributed by atoms with Gasteiger partial charge in [-0.1, -0.05) is 0 Å². The molecule has 5 heteroatoms. The van der Waals surface area contributed by atoms with Gasteiger partial charge in [0.05, 0.1) is 11.4 Å². The van der Waals surface area contributed by atoms with Crippen molar-refractivity contribution in [3.05, 3.63) is 53.9 Å². The smallest absolute Gasteiger partial charge is 0.151 e. The number of nitrogens with two attached hydrogens (primary N) is 1. The highest BCUT2D eigenvalue weighted by Gasteiger charge is 2.11. The summed E-state index contributed by atoms with van der Waals surface area (Å²) in [6.45, 7) is 0.608. The third kappa shape index (κ3) is 3.19. The number of nitrogens with zero attached hydrogens (tertiary/aromatic N) is 2. The fraction of sp³-hybridized carbons (Fsp3) is 0.214. The largest absolute Gasteiger partial charge is 0.395 e. The lowest BCUT2D eigenvalue weighted by Gasteiger charge is -2.21. The lowest BCUT2D eigenvalue weighted by molar-refractivity contribution is 0.585. The molecule has 2 rings (SSSR count). The maximum atomic E-state index is 13.4. The molecule has 3 nitrogen and oxygen atoms in total. The van der Waals surface area contributed by atoms with E-state index in [2.05, 4.69) is 4.98 Å². The molecular weight excluding hydrogens is 248 g/mol. The molecule has 0 bridgehead atoms. The molecule has 19 heavy (non-hydrogen) atoms. The minimum Gasteiger partial charge on any atom is -0.395 e. The average molecular weight is 263 g/mol. The van der Waals surface area contributed by atoms with Crippen LogP contribution in [0.5, 0.6) is 0 Å². The predicted molar refractivity (Wildman–Crippen MR) is 72.0 cm³/mol. The number of pyridine rings is 1. The normalized spacial score (nSPS) is 10.5. The molecule has 0 radical (unpaired) electrons. The summed E-state index contributed by atoms with van der Waals surface area (Å²) in [5, 5.41) is 0. The Kier molecular flexibility index (Phi) is 3.94. The summed E-state index contributed by atoms with van der Waals surface area (Å²) >= 11 is 0. The van der Waals surface area contributed by atoms with Crippen molar-refractivity contribution in [2.75, 3.05) is 24.2 Å². The van der Waals surface area contributed by atoms with E-state index >= 15 is 0 Å². The number of anilines is 2. The SMILES string of the molecule is CN(CCc1ccncc1)c1cc(F)cc(F)c1N. The molecule has 0 fully saturated rings. The second-order valence-electron chi connectivity index (χ2n) is 4.35. The van der Waals surface area contributed by atoms with E-state index in [0.29, 0.717) is 12.2 Å². The number of rotatable bonds is 4. The van der Waals surface area contributed by atoms with Crippen LogP contribution in [0.2, 0.25) is 0 Å². The highest BCUT2D eigenvalue weighted by molar-refractivity contribution is 5.67. The first kappa shape index (κ1) is 13.3. The van der Waals surface area contributed by atoms with E-state index in [4.69, 9.17) is 5.73 Å². The van der Waals surface area contributed by atoms with Crippen LogP contribution in [-0.4, -0.2) is 18.6 Å². The van der Waals surface area contributed by atoms with Crippen LogP contribution in [0, 0.1) is 11.6 Å². The van der Waals surface area contributed by atoms with Crippen LogP contribution >= 0.6 is 0 Å². The van der Waals surface area contributed by atoms with E-state index < -0.39 is 11.6 Å². The van der Waals surface area contributed by atoms with Crippen molar-refractivity contribution in [1.29, 1.82) is 0 Å². The number of hydrogen-bond donors (Lipinski definition) is 1. The van der Waals surface area contributed by atoms with Gasteiger partial charge in [-0.15, -0.1) is 0 Å². The molecule has 0 spiro atoms. The van der Waals surface area contributed by atoms with Crippen molar-refractivity contribution < 1.29 is 8.78 Å². The van der Waals surface area contributed by atoms with Gasteiger partial charge in [0.1, 0.15) is 5.82 Å². The molecule has 0 aliphatic carbocycles. The molecule has 1 aromatic heterocycles. The van der Waals surface area contributed by atoms with E-state index in [-0.39, 0.29) is 5.69 Å². The summed E-state index contributed by atoms with van der Waals surface area (Å²) in [5.41, 5.74) is 7.07. The van der Waals surface area contributed by atoms with E-state index in [1.165, 1.54) is 6.07 Å². The fourth-order valence-electron chi connectivity index (χ4n) is 1.85. The lowest BCUT2D eigenvalue weighted by Crippen LogP contribution is -2.22. The van der Waals surface area contributed by atoms with Gasteiger partial charge in [0.15, 0.2) is 5.82 Å². The molecule has 0 atom stereocenters. The molecule has 0 aliphatic heterocycles. The van der Waals surface area contributed by atoms with Gasteiger partial charge in [0.2, 0.25) is 0 Å². The van der Waals surface area contributed by atoms with E-state index in [1.54, 1.807) is 24.3 Å². The van der Waals surface area contributed by atoms with Crippen LogP contribution < -0.4 is 10.6 Å². The van der Waals surface area contributed by atoms with Gasteiger partial charge >= 0.3 is 0 Å². The second kappa shape index (κ2) is 5.65. The highest BCUT2D eigenvalue weighted by Crippen LogP contribution is 2.26. The third-order valence-corrected chi connectivity index (χ3v) is 2.97. The standard InChI is InChI=1S/C14H15F2N3/c1-19(7-4-10-2-5-18-6-3-10)13-9-11(15)8-12(16)14(13)17/h2-3,5-6,8-9H,4,7,17H2,1H3. The summed E-state index contributed by atoms with van der Waals surface area (Å²) in [6.07, 6.45) is 4.17. The van der Waals surface area contributed by atoms with Crippen molar-refractivity contribution in [2.45, 2.75) is 6.42 Å². The van der Waals surface area contributed by atoms with E-state index in [9.17, 15) is 8.78 Å². The number of nitrogen functional groups attached to an aromatic ring is 1. The van der Waals surface area contributed by atoms with Gasteiger partial charge in [0.25, 0.3) is 0 Å². The minimum absolute atomic E-state index is 0.0290. The molecule has 0 saturated carbocycles. The maximum absolute atomic E-state index is 13.4. The van der Waals surface area contributed by atoms with Crippen LogP contribution in [0.15, 0.2) is 36.7 Å². The Morgan fingerprint density at radius 3 is 2.58 bits per heavy atom. The first-order valence-corrected chi connectivity index (χ1v) is 5.92. The number of benzene rings is 1. The summed E-state index contributed by atoms with van der Waals surface area (Å²) in [6, 6.07) is 5.84. The molecule has 0 unspecified atom stereocenters. The Labute approximate surface area is 110 Å². The van der Waals surface area contributed by atoms with Gasteiger partial charge in [0, 0.05) is 32.1 Å². The van der Waals surface area contributed by atoms with Crippen LogP contribution in [0.3, 0.4) is 0 Å². The lowest BCUT2D eigenvalue weighted by atomic mass is 10.1. The van der Waals surface area contributed by atoms with Gasteiger partial charge in [-0.25, -0.2) is 8.78 Å². The zero-order chi connectivity index (χ0) is 13.8. The summed E-state index contributed by atoms with van der Waals surface area (Å²) in [5.74, 6) is -1.36. The number of halogens is 2. The quantitative estimate of drug-likeness (QED) is 0.862. The molecule has 0 aliphatic rings. The van der Waals surface area contributed by atoms with Gasteiger partial charge < -0.3 is 10.6 Å². The summed E-state index contributed by atoms with van der Waals surface area (Å²) < 4.78 is 26.6. The Bertz CT molecular complexity index is 558. The Morgan fingerprint density at radius 1 is 1.21 bits per heavy atom. The second-order valence-corrected chi connectivity index (χ2v) is 4.35. The summed E-state index contributed by atoms with van der Waals surface area (Å²) in [4.78, 5) is 5.67. The molecule has 1 aromatic carbocycles. The Balaban J connectivity index is 2.10. The monoisotopic (exact) mass is 263 g/mol. The van der Waals surface area contributed by atoms with E-state index in [1.807, 2.05) is 12.1 Å². The van der Waals surface area contributed by atoms with Gasteiger partial charge in [-0.05, 0) is 30.2 Å². The fourth-order valence-corrected chi connectivity index (χ4v) is 1.85. The van der Waals surface area contributed by atoms with Crippen molar-refractivity contribution in [3.8, 4) is 0 Å². The highest BCUT2D eigenvalue weighted by atomic mass is 19.1. The third-order valence-electron chi connectivity index (χ3n) is 2.97. The maximum Gasteiger partial charge on any atom is 0.151 e. The van der Waals surface area contributed by atoms with Crippen LogP contribution in [-0.2, 0) is 6.42 Å². The van der Waals surface area contributed by atoms with Crippen LogP contribution in [0.25, 0.3) is 0 Å². The van der Waals surface area contributed by atoms with Gasteiger partial charge in [-0.2, -0.15) is 0 Å².